The minimum absolute atomic E-state index is 0.0795. The van der Waals surface area contributed by atoms with Crippen molar-refractivity contribution in [1.29, 1.82) is 0 Å². The fourth-order valence-corrected chi connectivity index (χ4v) is 3.16. The number of nitrogens with zero attached hydrogens (tertiary/aromatic N) is 2. The van der Waals surface area contributed by atoms with E-state index in [0.29, 0.717) is 23.8 Å². The number of anilines is 1. The molecule has 1 aromatic carbocycles. The fourth-order valence-electron chi connectivity index (χ4n) is 2.88. The van der Waals surface area contributed by atoms with Crippen LogP contribution in [0.25, 0.3) is 0 Å². The summed E-state index contributed by atoms with van der Waals surface area (Å²) in [5, 5.41) is 3.44. The topological polar surface area (TPSA) is 54.5 Å². The van der Waals surface area contributed by atoms with Crippen LogP contribution in [0.15, 0.2) is 42.7 Å². The SMILES string of the molecule is Cc1ccc(NC(=O)N(Cc2cccnc2)CC2CCCO2)c(Cl)c1. The van der Waals surface area contributed by atoms with Crippen molar-refractivity contribution >= 4 is 23.3 Å². The average Bonchev–Trinajstić information content (AvgIpc) is 3.11. The largest absolute Gasteiger partial charge is 0.376 e. The van der Waals surface area contributed by atoms with Crippen LogP contribution in [0.5, 0.6) is 0 Å². The molecule has 1 aliphatic heterocycles. The van der Waals surface area contributed by atoms with Gasteiger partial charge in [0.1, 0.15) is 0 Å². The molecule has 0 spiro atoms. The molecule has 0 radical (unpaired) electrons. The van der Waals surface area contributed by atoms with Crippen molar-refractivity contribution in [3.8, 4) is 0 Å². The minimum atomic E-state index is -0.190. The van der Waals surface area contributed by atoms with Crippen molar-refractivity contribution in [2.45, 2.75) is 32.4 Å². The lowest BCUT2D eigenvalue weighted by Gasteiger charge is -2.26. The quantitative estimate of drug-likeness (QED) is 0.867. The van der Waals surface area contributed by atoms with Crippen molar-refractivity contribution in [2.24, 2.45) is 0 Å². The average molecular weight is 360 g/mol. The molecular weight excluding hydrogens is 338 g/mol. The van der Waals surface area contributed by atoms with Crippen LogP contribution in [0.3, 0.4) is 0 Å². The van der Waals surface area contributed by atoms with Crippen molar-refractivity contribution in [3.05, 3.63) is 58.9 Å². The van der Waals surface area contributed by atoms with Crippen molar-refractivity contribution in [3.63, 3.8) is 0 Å². The van der Waals surface area contributed by atoms with Gasteiger partial charge in [0, 0.05) is 32.1 Å². The molecule has 0 aliphatic carbocycles. The number of pyridine rings is 1. The number of hydrogen-bond acceptors (Lipinski definition) is 3. The van der Waals surface area contributed by atoms with Gasteiger partial charge in [0.15, 0.2) is 0 Å². The number of halogens is 1. The zero-order valence-electron chi connectivity index (χ0n) is 14.2. The molecule has 1 aliphatic rings. The van der Waals surface area contributed by atoms with Gasteiger partial charge in [-0.15, -0.1) is 0 Å². The number of carbonyl (C=O) groups excluding carboxylic acids is 1. The highest BCUT2D eigenvalue weighted by atomic mass is 35.5. The number of rotatable bonds is 5. The van der Waals surface area contributed by atoms with E-state index in [2.05, 4.69) is 10.3 Å². The highest BCUT2D eigenvalue weighted by Crippen LogP contribution is 2.24. The molecule has 1 fully saturated rings. The monoisotopic (exact) mass is 359 g/mol. The summed E-state index contributed by atoms with van der Waals surface area (Å²) in [6, 6.07) is 9.22. The van der Waals surface area contributed by atoms with Gasteiger partial charge in [-0.25, -0.2) is 4.79 Å². The second-order valence-corrected chi connectivity index (χ2v) is 6.70. The predicted molar refractivity (Wildman–Crippen MR) is 98.8 cm³/mol. The zero-order valence-corrected chi connectivity index (χ0v) is 15.0. The standard InChI is InChI=1S/C19H22ClN3O2/c1-14-6-7-18(17(20)10-14)22-19(24)23(13-16-5-3-9-25-16)12-15-4-2-8-21-11-15/h2,4,6-8,10-11,16H,3,5,9,12-13H2,1H3,(H,22,24). The normalized spacial score (nSPS) is 16.6. The van der Waals surface area contributed by atoms with Gasteiger partial charge in [-0.2, -0.15) is 0 Å². The first-order valence-corrected chi connectivity index (χ1v) is 8.82. The summed E-state index contributed by atoms with van der Waals surface area (Å²) in [7, 11) is 0. The van der Waals surface area contributed by atoms with Crippen LogP contribution < -0.4 is 5.32 Å². The third-order valence-corrected chi connectivity index (χ3v) is 4.51. The molecule has 5 nitrogen and oxygen atoms in total. The molecule has 2 heterocycles. The Balaban J connectivity index is 1.73. The van der Waals surface area contributed by atoms with E-state index in [0.717, 1.165) is 30.6 Å². The molecule has 25 heavy (non-hydrogen) atoms. The first-order chi connectivity index (χ1) is 12.1. The van der Waals surface area contributed by atoms with Gasteiger partial charge in [-0.3, -0.25) is 4.98 Å². The Morgan fingerprint density at radius 1 is 1.44 bits per heavy atom. The third kappa shape index (κ3) is 4.94. The summed E-state index contributed by atoms with van der Waals surface area (Å²) < 4.78 is 5.70. The number of aromatic nitrogens is 1. The van der Waals surface area contributed by atoms with Crippen molar-refractivity contribution in [1.82, 2.24) is 9.88 Å². The highest BCUT2D eigenvalue weighted by molar-refractivity contribution is 6.33. The van der Waals surface area contributed by atoms with Crippen LogP contribution in [0.2, 0.25) is 5.02 Å². The number of carbonyl (C=O) groups is 1. The van der Waals surface area contributed by atoms with Crippen LogP contribution in [0, 0.1) is 6.92 Å². The van der Waals surface area contributed by atoms with Crippen LogP contribution in [0.4, 0.5) is 10.5 Å². The Hall–Kier alpha value is -2.11. The van der Waals surface area contributed by atoms with E-state index in [4.69, 9.17) is 16.3 Å². The van der Waals surface area contributed by atoms with E-state index < -0.39 is 0 Å². The zero-order chi connectivity index (χ0) is 17.6. The number of benzene rings is 1. The maximum Gasteiger partial charge on any atom is 0.322 e. The number of aryl methyl sites for hydroxylation is 1. The van der Waals surface area contributed by atoms with E-state index in [1.807, 2.05) is 37.3 Å². The van der Waals surface area contributed by atoms with Gasteiger partial charge >= 0.3 is 6.03 Å². The first kappa shape index (κ1) is 17.7. The van der Waals surface area contributed by atoms with Gasteiger partial charge in [0.2, 0.25) is 0 Å². The van der Waals surface area contributed by atoms with Gasteiger partial charge in [0.05, 0.1) is 16.8 Å². The molecule has 1 saturated heterocycles. The number of urea groups is 1. The summed E-state index contributed by atoms with van der Waals surface area (Å²) in [4.78, 5) is 18.7. The summed E-state index contributed by atoms with van der Waals surface area (Å²) in [5.74, 6) is 0. The summed E-state index contributed by atoms with van der Waals surface area (Å²) in [6.45, 7) is 3.74. The maximum absolute atomic E-state index is 12.8. The van der Waals surface area contributed by atoms with E-state index in [9.17, 15) is 4.79 Å². The number of ether oxygens (including phenoxy) is 1. The van der Waals surface area contributed by atoms with E-state index in [1.165, 1.54) is 0 Å². The molecule has 132 valence electrons. The third-order valence-electron chi connectivity index (χ3n) is 4.20. The van der Waals surface area contributed by atoms with Crippen LogP contribution in [0.1, 0.15) is 24.0 Å². The molecule has 3 rings (SSSR count). The number of nitrogens with one attached hydrogen (secondary N) is 1. The van der Waals surface area contributed by atoms with Crippen LogP contribution >= 0.6 is 11.6 Å². The summed E-state index contributed by atoms with van der Waals surface area (Å²) in [6.07, 6.45) is 5.59. The molecule has 2 amide bonds. The first-order valence-electron chi connectivity index (χ1n) is 8.44. The second kappa shape index (κ2) is 8.32. The Labute approximate surface area is 153 Å². The molecule has 0 saturated carbocycles. The van der Waals surface area contributed by atoms with Gasteiger partial charge in [0.25, 0.3) is 0 Å². The Bertz CT molecular complexity index is 718. The minimum Gasteiger partial charge on any atom is -0.376 e. The lowest BCUT2D eigenvalue weighted by molar-refractivity contribution is 0.0819. The fraction of sp³-hybridized carbons (Fsp3) is 0.368. The second-order valence-electron chi connectivity index (χ2n) is 6.29. The Morgan fingerprint density at radius 2 is 2.32 bits per heavy atom. The van der Waals surface area contributed by atoms with Crippen molar-refractivity contribution in [2.75, 3.05) is 18.5 Å². The lowest BCUT2D eigenvalue weighted by Crippen LogP contribution is -2.39. The molecule has 1 N–H and O–H groups in total. The summed E-state index contributed by atoms with van der Waals surface area (Å²) >= 11 is 6.24. The molecule has 2 aromatic rings. The molecule has 0 bridgehead atoms. The van der Waals surface area contributed by atoms with Crippen LogP contribution in [-0.4, -0.2) is 35.2 Å². The molecule has 1 atom stereocenters. The van der Waals surface area contributed by atoms with E-state index in [1.54, 1.807) is 17.3 Å². The smallest absolute Gasteiger partial charge is 0.322 e. The van der Waals surface area contributed by atoms with Gasteiger partial charge in [-0.05, 0) is 49.1 Å². The Kier molecular flexibility index (Phi) is 5.89. The van der Waals surface area contributed by atoms with E-state index in [-0.39, 0.29) is 12.1 Å². The van der Waals surface area contributed by atoms with Gasteiger partial charge in [-0.1, -0.05) is 23.7 Å². The molecular formula is C19H22ClN3O2. The molecule has 1 unspecified atom stereocenters. The number of hydrogen-bond donors (Lipinski definition) is 1. The number of amides is 2. The lowest BCUT2D eigenvalue weighted by atomic mass is 10.2. The molecule has 6 heteroatoms. The van der Waals surface area contributed by atoms with Crippen LogP contribution in [-0.2, 0) is 11.3 Å². The predicted octanol–water partition coefficient (Wildman–Crippen LogP) is 4.26. The van der Waals surface area contributed by atoms with Gasteiger partial charge < -0.3 is 15.0 Å². The van der Waals surface area contributed by atoms with Crippen molar-refractivity contribution < 1.29 is 9.53 Å². The Morgan fingerprint density at radius 3 is 3.00 bits per heavy atom. The molecule has 1 aromatic heterocycles. The van der Waals surface area contributed by atoms with E-state index >= 15 is 0 Å². The summed E-state index contributed by atoms with van der Waals surface area (Å²) in [5.41, 5.74) is 2.64. The maximum atomic E-state index is 12.8. The highest BCUT2D eigenvalue weighted by Gasteiger charge is 2.23.